The number of amides is 1. The van der Waals surface area contributed by atoms with Crippen LogP contribution in [0.2, 0.25) is 0 Å². The maximum absolute atomic E-state index is 13.1. The van der Waals surface area contributed by atoms with Gasteiger partial charge in [-0.2, -0.15) is 5.26 Å². The molecule has 130 valence electrons. The van der Waals surface area contributed by atoms with Gasteiger partial charge in [0.05, 0.1) is 0 Å². The third-order valence-corrected chi connectivity index (χ3v) is 4.63. The number of benzene rings is 1. The van der Waals surface area contributed by atoms with Crippen molar-refractivity contribution in [2.24, 2.45) is 5.73 Å². The normalized spacial score (nSPS) is 20.3. The van der Waals surface area contributed by atoms with Gasteiger partial charge >= 0.3 is 0 Å². The van der Waals surface area contributed by atoms with Crippen molar-refractivity contribution < 1.29 is 19.1 Å². The summed E-state index contributed by atoms with van der Waals surface area (Å²) in [6, 6.07) is 8.20. The Morgan fingerprint density at radius 1 is 1.38 bits per heavy atom. The van der Waals surface area contributed by atoms with E-state index in [9.17, 15) is 20.0 Å². The summed E-state index contributed by atoms with van der Waals surface area (Å²) in [6.45, 7) is 1.22. The van der Waals surface area contributed by atoms with Gasteiger partial charge in [-0.15, -0.1) is 0 Å². The quantitative estimate of drug-likeness (QED) is 0.689. The Bertz CT molecular complexity index is 1110. The number of hydrogen-bond donors (Lipinski definition) is 3. The number of anilines is 1. The molecule has 1 atom stereocenters. The van der Waals surface area contributed by atoms with Crippen LogP contribution in [0.3, 0.4) is 0 Å². The van der Waals surface area contributed by atoms with Crippen LogP contribution in [0.4, 0.5) is 5.69 Å². The molecule has 4 N–H and O–H groups in total. The summed E-state index contributed by atoms with van der Waals surface area (Å²) in [5.41, 5.74) is 5.01. The molecule has 0 bridgehead atoms. The number of nitriles is 1. The van der Waals surface area contributed by atoms with Crippen molar-refractivity contribution in [2.75, 3.05) is 5.32 Å². The number of nitrogens with zero attached hydrogens (tertiary/aromatic N) is 1. The first-order valence-electron chi connectivity index (χ1n) is 7.73. The number of aryl methyl sites for hydroxylation is 1. The molecule has 2 aliphatic rings. The van der Waals surface area contributed by atoms with Crippen molar-refractivity contribution in [3.8, 4) is 11.8 Å². The fraction of sp³-hybridized carbons (Fsp3) is 0.167. The van der Waals surface area contributed by atoms with Gasteiger partial charge in [0, 0.05) is 17.3 Å². The first-order chi connectivity index (χ1) is 12.4. The number of nitrogens with two attached hydrogens (primary N) is 1. The van der Waals surface area contributed by atoms with Gasteiger partial charge in [0.2, 0.25) is 23.0 Å². The van der Waals surface area contributed by atoms with Gasteiger partial charge in [0.1, 0.15) is 24.0 Å². The molecule has 0 fully saturated rings. The highest BCUT2D eigenvalue weighted by molar-refractivity contribution is 6.12. The number of fused-ring (bicyclic) bond motifs is 4. The van der Waals surface area contributed by atoms with E-state index in [4.69, 9.17) is 14.9 Å². The van der Waals surface area contributed by atoms with Gasteiger partial charge in [-0.3, -0.25) is 9.59 Å². The first-order valence-corrected chi connectivity index (χ1v) is 7.73. The van der Waals surface area contributed by atoms with Gasteiger partial charge in [0.25, 0.3) is 0 Å². The molecule has 1 amide bonds. The zero-order chi connectivity index (χ0) is 18.6. The van der Waals surface area contributed by atoms with E-state index in [2.05, 4.69) is 5.32 Å². The maximum Gasteiger partial charge on any atom is 0.248 e. The second-order valence-corrected chi connectivity index (χ2v) is 6.05. The number of hydrogen-bond acceptors (Lipinski definition) is 7. The number of aliphatic hydroxyl groups is 1. The van der Waals surface area contributed by atoms with Crippen LogP contribution in [0.25, 0.3) is 0 Å². The van der Waals surface area contributed by atoms with E-state index >= 15 is 0 Å². The van der Waals surface area contributed by atoms with Crippen molar-refractivity contribution in [3.05, 3.63) is 68.6 Å². The fourth-order valence-corrected chi connectivity index (χ4v) is 3.60. The number of carbonyl (C=O) groups excluding carboxylic acids is 1. The minimum atomic E-state index is -1.75. The van der Waals surface area contributed by atoms with E-state index in [1.165, 1.54) is 0 Å². The number of nitrogens with one attached hydrogen (secondary N) is 1. The van der Waals surface area contributed by atoms with Crippen molar-refractivity contribution in [1.82, 2.24) is 0 Å². The van der Waals surface area contributed by atoms with Crippen LogP contribution in [0.1, 0.15) is 22.6 Å². The Morgan fingerprint density at radius 3 is 2.85 bits per heavy atom. The van der Waals surface area contributed by atoms with Crippen molar-refractivity contribution in [3.63, 3.8) is 0 Å². The molecule has 26 heavy (non-hydrogen) atoms. The van der Waals surface area contributed by atoms with Crippen LogP contribution in [0.15, 0.2) is 44.9 Å². The van der Waals surface area contributed by atoms with E-state index in [0.29, 0.717) is 16.8 Å². The number of ether oxygens (including phenoxy) is 1. The van der Waals surface area contributed by atoms with Crippen LogP contribution in [0, 0.1) is 18.3 Å². The van der Waals surface area contributed by atoms with E-state index in [0.717, 1.165) is 6.07 Å². The van der Waals surface area contributed by atoms with E-state index in [1.54, 1.807) is 25.1 Å². The number of rotatable bonds is 1. The first kappa shape index (κ1) is 15.9. The highest BCUT2D eigenvalue weighted by atomic mass is 16.5. The average molecular weight is 351 g/mol. The topological polar surface area (TPSA) is 139 Å². The molecular weight excluding hydrogens is 338 g/mol. The summed E-state index contributed by atoms with van der Waals surface area (Å²) in [6.07, 6.45) is 0. The third-order valence-electron chi connectivity index (χ3n) is 4.63. The summed E-state index contributed by atoms with van der Waals surface area (Å²) in [7, 11) is 0. The number of carbonyl (C=O) groups is 1. The molecule has 0 saturated carbocycles. The minimum absolute atomic E-state index is 0.0516. The molecule has 1 unspecified atom stereocenters. The summed E-state index contributed by atoms with van der Waals surface area (Å²) >= 11 is 0. The van der Waals surface area contributed by atoms with Crippen LogP contribution in [-0.4, -0.2) is 11.0 Å². The smallest absolute Gasteiger partial charge is 0.248 e. The molecule has 1 aromatic heterocycles. The van der Waals surface area contributed by atoms with Gasteiger partial charge in [0.15, 0.2) is 11.2 Å². The minimum Gasteiger partial charge on any atom is -0.457 e. The standard InChI is InChI=1S/C18H13N3O5/c1-8-3-2-4-11-13(8)18(17(24)21-11)10(6-19)16(20)26-14-12(23)5-9(7-22)25-15(14)18/h2-5,22H,7,20H2,1H3,(H,21,24). The fourth-order valence-electron chi connectivity index (χ4n) is 3.60. The van der Waals surface area contributed by atoms with Crippen LogP contribution >= 0.6 is 0 Å². The maximum atomic E-state index is 13.1. The largest absolute Gasteiger partial charge is 0.457 e. The molecule has 0 aliphatic carbocycles. The Morgan fingerprint density at radius 2 is 2.15 bits per heavy atom. The van der Waals surface area contributed by atoms with Crippen LogP contribution in [-0.2, 0) is 16.8 Å². The van der Waals surface area contributed by atoms with Crippen LogP contribution < -0.4 is 21.2 Å². The van der Waals surface area contributed by atoms with Gasteiger partial charge < -0.3 is 25.3 Å². The average Bonchev–Trinajstić information content (AvgIpc) is 2.90. The third kappa shape index (κ3) is 1.75. The molecule has 1 spiro atoms. The van der Waals surface area contributed by atoms with Crippen molar-refractivity contribution in [2.45, 2.75) is 18.9 Å². The Labute approximate surface area is 147 Å². The molecule has 2 aliphatic heterocycles. The van der Waals surface area contributed by atoms with E-state index in [-0.39, 0.29) is 28.7 Å². The summed E-state index contributed by atoms with van der Waals surface area (Å²) in [5, 5.41) is 21.9. The van der Waals surface area contributed by atoms with E-state index in [1.807, 2.05) is 6.07 Å². The Hall–Kier alpha value is -3.57. The molecule has 2 aromatic rings. The highest BCUT2D eigenvalue weighted by Gasteiger charge is 2.59. The number of aliphatic hydroxyl groups excluding tert-OH is 1. The molecule has 0 saturated heterocycles. The van der Waals surface area contributed by atoms with Gasteiger partial charge in [-0.05, 0) is 18.6 Å². The van der Waals surface area contributed by atoms with Crippen molar-refractivity contribution in [1.29, 1.82) is 5.26 Å². The summed E-state index contributed by atoms with van der Waals surface area (Å²) in [5.74, 6) is -1.40. The van der Waals surface area contributed by atoms with Crippen molar-refractivity contribution >= 4 is 11.6 Å². The SMILES string of the molecule is Cc1cccc2c1C1(C(=O)N2)C(C#N)=C(N)Oc2c1oc(CO)cc2=O. The van der Waals surface area contributed by atoms with Gasteiger partial charge in [-0.25, -0.2) is 0 Å². The monoisotopic (exact) mass is 351 g/mol. The highest BCUT2D eigenvalue weighted by Crippen LogP contribution is 2.53. The Balaban J connectivity index is 2.22. The molecule has 0 radical (unpaired) electrons. The lowest BCUT2D eigenvalue weighted by Gasteiger charge is -2.32. The lowest BCUT2D eigenvalue weighted by atomic mass is 9.70. The Kier molecular flexibility index (Phi) is 3.19. The molecule has 8 heteroatoms. The molecular formula is C18H13N3O5. The summed E-state index contributed by atoms with van der Waals surface area (Å²) in [4.78, 5) is 25.6. The predicted molar refractivity (Wildman–Crippen MR) is 88.9 cm³/mol. The molecule has 8 nitrogen and oxygen atoms in total. The van der Waals surface area contributed by atoms with Crippen LogP contribution in [0.5, 0.6) is 5.75 Å². The zero-order valence-electron chi connectivity index (χ0n) is 13.6. The predicted octanol–water partition coefficient (Wildman–Crippen LogP) is 0.765. The molecule has 3 heterocycles. The zero-order valence-corrected chi connectivity index (χ0v) is 13.6. The summed E-state index contributed by atoms with van der Waals surface area (Å²) < 4.78 is 11.0. The lowest BCUT2D eigenvalue weighted by molar-refractivity contribution is -0.119. The van der Waals surface area contributed by atoms with E-state index < -0.39 is 23.4 Å². The molecule has 1 aromatic carbocycles. The second-order valence-electron chi connectivity index (χ2n) is 6.05. The second kappa shape index (κ2) is 5.21. The molecule has 4 rings (SSSR count). The van der Waals surface area contributed by atoms with Gasteiger partial charge in [-0.1, -0.05) is 12.1 Å². The lowest BCUT2D eigenvalue weighted by Crippen LogP contribution is -2.44.